The molecule has 1 atom stereocenters. The fourth-order valence-electron chi connectivity index (χ4n) is 1.54. The Labute approximate surface area is 109 Å². The van der Waals surface area contributed by atoms with Crippen molar-refractivity contribution in [1.29, 1.82) is 0 Å². The quantitative estimate of drug-likeness (QED) is 0.668. The highest BCUT2D eigenvalue weighted by Gasteiger charge is 2.27. The third-order valence-corrected chi connectivity index (χ3v) is 3.00. The Morgan fingerprint density at radius 3 is 2.79 bits per heavy atom. The second kappa shape index (κ2) is 4.77. The molecule has 1 unspecified atom stereocenters. The van der Waals surface area contributed by atoms with Crippen molar-refractivity contribution in [2.24, 2.45) is 5.73 Å². The highest BCUT2D eigenvalue weighted by molar-refractivity contribution is 5.66. The number of nitro groups is 1. The average Bonchev–Trinajstić information content (AvgIpc) is 2.89. The normalized spacial score (nSPS) is 14.1. The number of benzene rings is 1. The Hall–Kier alpha value is -2.28. The number of para-hydroxylation sites is 1. The standard InChI is InChI=1S/C12H14N4O3/c1-3-12(2,13)11-14-10(19-15-11)8-6-4-5-7-9(8)16(17)18/h4-7H,3,13H2,1-2H3. The summed E-state index contributed by atoms with van der Waals surface area (Å²) in [4.78, 5) is 14.6. The van der Waals surface area contributed by atoms with E-state index in [1.807, 2.05) is 6.92 Å². The first kappa shape index (κ1) is 13.2. The Morgan fingerprint density at radius 2 is 2.16 bits per heavy atom. The predicted molar refractivity (Wildman–Crippen MR) is 68.2 cm³/mol. The van der Waals surface area contributed by atoms with E-state index in [1.165, 1.54) is 6.07 Å². The molecule has 0 saturated heterocycles. The molecule has 19 heavy (non-hydrogen) atoms. The van der Waals surface area contributed by atoms with Gasteiger partial charge in [-0.05, 0) is 19.4 Å². The molecule has 2 N–H and O–H groups in total. The molecule has 0 aliphatic carbocycles. The molecule has 100 valence electrons. The minimum Gasteiger partial charge on any atom is -0.334 e. The zero-order valence-electron chi connectivity index (χ0n) is 10.7. The molecular formula is C12H14N4O3. The van der Waals surface area contributed by atoms with Gasteiger partial charge in [0.2, 0.25) is 0 Å². The van der Waals surface area contributed by atoms with Gasteiger partial charge in [-0.25, -0.2) is 0 Å². The molecule has 7 nitrogen and oxygen atoms in total. The maximum absolute atomic E-state index is 10.9. The van der Waals surface area contributed by atoms with Gasteiger partial charge in [-0.15, -0.1) is 0 Å². The van der Waals surface area contributed by atoms with Crippen molar-refractivity contribution >= 4 is 5.69 Å². The maximum atomic E-state index is 10.9. The average molecular weight is 262 g/mol. The Bertz CT molecular complexity index is 607. The molecule has 2 aromatic rings. The lowest BCUT2D eigenvalue weighted by Crippen LogP contribution is -2.33. The van der Waals surface area contributed by atoms with E-state index in [0.717, 1.165) is 0 Å². The van der Waals surface area contributed by atoms with Crippen LogP contribution in [-0.4, -0.2) is 15.1 Å². The lowest BCUT2D eigenvalue weighted by Gasteiger charge is -2.16. The van der Waals surface area contributed by atoms with Crippen LogP contribution in [0.5, 0.6) is 0 Å². The molecule has 1 heterocycles. The van der Waals surface area contributed by atoms with E-state index in [-0.39, 0.29) is 17.1 Å². The van der Waals surface area contributed by atoms with Gasteiger partial charge in [-0.2, -0.15) is 4.98 Å². The van der Waals surface area contributed by atoms with Gasteiger partial charge < -0.3 is 10.3 Å². The van der Waals surface area contributed by atoms with Crippen LogP contribution in [0, 0.1) is 10.1 Å². The second-order valence-electron chi connectivity index (χ2n) is 4.47. The van der Waals surface area contributed by atoms with Crippen molar-refractivity contribution in [3.63, 3.8) is 0 Å². The third-order valence-electron chi connectivity index (χ3n) is 3.00. The minimum atomic E-state index is -0.717. The molecule has 0 spiro atoms. The van der Waals surface area contributed by atoms with E-state index in [1.54, 1.807) is 25.1 Å². The minimum absolute atomic E-state index is 0.0760. The topological polar surface area (TPSA) is 108 Å². The largest absolute Gasteiger partial charge is 0.334 e. The van der Waals surface area contributed by atoms with E-state index in [0.29, 0.717) is 12.2 Å². The summed E-state index contributed by atoms with van der Waals surface area (Å²) in [6.07, 6.45) is 0.628. The first-order valence-electron chi connectivity index (χ1n) is 5.82. The second-order valence-corrected chi connectivity index (χ2v) is 4.47. The summed E-state index contributed by atoms with van der Waals surface area (Å²) in [5, 5.41) is 14.7. The fourth-order valence-corrected chi connectivity index (χ4v) is 1.54. The highest BCUT2D eigenvalue weighted by atomic mass is 16.6. The van der Waals surface area contributed by atoms with Gasteiger partial charge in [0.1, 0.15) is 5.56 Å². The molecule has 1 aromatic carbocycles. The highest BCUT2D eigenvalue weighted by Crippen LogP contribution is 2.29. The molecule has 0 radical (unpaired) electrons. The zero-order chi connectivity index (χ0) is 14.0. The fraction of sp³-hybridized carbons (Fsp3) is 0.333. The Balaban J connectivity index is 2.47. The number of aromatic nitrogens is 2. The number of nitrogens with two attached hydrogens (primary N) is 1. The summed E-state index contributed by atoms with van der Waals surface area (Å²) >= 11 is 0. The summed E-state index contributed by atoms with van der Waals surface area (Å²) in [7, 11) is 0. The van der Waals surface area contributed by atoms with Crippen LogP contribution in [-0.2, 0) is 5.54 Å². The van der Waals surface area contributed by atoms with Crippen LogP contribution in [0.1, 0.15) is 26.1 Å². The van der Waals surface area contributed by atoms with E-state index < -0.39 is 10.5 Å². The van der Waals surface area contributed by atoms with Crippen LogP contribution >= 0.6 is 0 Å². The van der Waals surface area contributed by atoms with Gasteiger partial charge >= 0.3 is 0 Å². The molecule has 7 heteroatoms. The molecule has 0 bridgehead atoms. The summed E-state index contributed by atoms with van der Waals surface area (Å²) in [6.45, 7) is 3.68. The molecule has 0 saturated carbocycles. The van der Waals surface area contributed by atoms with Crippen molar-refractivity contribution < 1.29 is 9.45 Å². The third kappa shape index (κ3) is 2.45. The lowest BCUT2D eigenvalue weighted by atomic mass is 10.00. The first-order chi connectivity index (χ1) is 8.95. The Kier molecular flexibility index (Phi) is 3.30. The van der Waals surface area contributed by atoms with Crippen molar-refractivity contribution in [2.75, 3.05) is 0 Å². The van der Waals surface area contributed by atoms with Crippen LogP contribution in [0.25, 0.3) is 11.5 Å². The van der Waals surface area contributed by atoms with Gasteiger partial charge in [-0.1, -0.05) is 24.2 Å². The Morgan fingerprint density at radius 1 is 1.47 bits per heavy atom. The van der Waals surface area contributed by atoms with Crippen molar-refractivity contribution in [3.05, 3.63) is 40.2 Å². The van der Waals surface area contributed by atoms with E-state index in [2.05, 4.69) is 10.1 Å². The number of hydrogen-bond acceptors (Lipinski definition) is 6. The van der Waals surface area contributed by atoms with Crippen molar-refractivity contribution in [1.82, 2.24) is 10.1 Å². The summed E-state index contributed by atoms with van der Waals surface area (Å²) < 4.78 is 5.08. The van der Waals surface area contributed by atoms with Crippen LogP contribution in [0.4, 0.5) is 5.69 Å². The molecule has 2 rings (SSSR count). The van der Waals surface area contributed by atoms with E-state index in [4.69, 9.17) is 10.3 Å². The van der Waals surface area contributed by atoms with Crippen molar-refractivity contribution in [2.45, 2.75) is 25.8 Å². The molecule has 0 amide bonds. The molecule has 1 aromatic heterocycles. The van der Waals surface area contributed by atoms with E-state index >= 15 is 0 Å². The number of hydrogen-bond donors (Lipinski definition) is 1. The van der Waals surface area contributed by atoms with Crippen molar-refractivity contribution in [3.8, 4) is 11.5 Å². The maximum Gasteiger partial charge on any atom is 0.282 e. The van der Waals surface area contributed by atoms with Gasteiger partial charge in [0.25, 0.3) is 11.6 Å². The van der Waals surface area contributed by atoms with Gasteiger partial charge in [0, 0.05) is 6.07 Å². The molecule has 0 aliphatic heterocycles. The van der Waals surface area contributed by atoms with Crippen LogP contribution < -0.4 is 5.73 Å². The number of rotatable bonds is 4. The lowest BCUT2D eigenvalue weighted by molar-refractivity contribution is -0.384. The molecule has 0 aliphatic rings. The van der Waals surface area contributed by atoms with Crippen LogP contribution in [0.15, 0.2) is 28.8 Å². The van der Waals surface area contributed by atoms with Gasteiger partial charge in [0.15, 0.2) is 5.82 Å². The number of nitro benzene ring substituents is 1. The molecule has 0 fully saturated rings. The number of nitrogens with zero attached hydrogens (tertiary/aromatic N) is 3. The summed E-state index contributed by atoms with van der Waals surface area (Å²) in [6, 6.07) is 6.21. The zero-order valence-corrected chi connectivity index (χ0v) is 10.7. The summed E-state index contributed by atoms with van der Waals surface area (Å²) in [5.74, 6) is 0.440. The smallest absolute Gasteiger partial charge is 0.282 e. The molecular weight excluding hydrogens is 248 g/mol. The predicted octanol–water partition coefficient (Wildman–Crippen LogP) is 2.23. The SMILES string of the molecule is CCC(C)(N)c1noc(-c2ccccc2[N+](=O)[O-])n1. The van der Waals surface area contributed by atoms with Gasteiger partial charge in [-0.3, -0.25) is 10.1 Å². The van der Waals surface area contributed by atoms with Crippen LogP contribution in [0.3, 0.4) is 0 Å². The van der Waals surface area contributed by atoms with Gasteiger partial charge in [0.05, 0.1) is 10.5 Å². The first-order valence-corrected chi connectivity index (χ1v) is 5.82. The summed E-state index contributed by atoms with van der Waals surface area (Å²) in [5.41, 5.74) is 5.50. The van der Waals surface area contributed by atoms with Crippen LogP contribution in [0.2, 0.25) is 0 Å². The van der Waals surface area contributed by atoms with E-state index in [9.17, 15) is 10.1 Å². The monoisotopic (exact) mass is 262 g/mol.